The van der Waals surface area contributed by atoms with Gasteiger partial charge in [0, 0.05) is 17.1 Å². The van der Waals surface area contributed by atoms with Crippen molar-refractivity contribution in [2.75, 3.05) is 5.32 Å². The van der Waals surface area contributed by atoms with E-state index in [1.165, 1.54) is 11.3 Å². The number of aromatic amines is 1. The fourth-order valence-electron chi connectivity index (χ4n) is 1.48. The fourth-order valence-corrected chi connectivity index (χ4v) is 2.24. The van der Waals surface area contributed by atoms with E-state index in [-0.39, 0.29) is 11.9 Å². The van der Waals surface area contributed by atoms with Gasteiger partial charge in [-0.1, -0.05) is 13.8 Å². The Labute approximate surface area is 115 Å². The van der Waals surface area contributed by atoms with Gasteiger partial charge in [0.1, 0.15) is 10.7 Å². The minimum atomic E-state index is -0.273. The molecule has 0 bridgehead atoms. The molecule has 2 aromatic heterocycles. The Morgan fingerprint density at radius 1 is 1.47 bits per heavy atom. The number of carbonyl (C=O) groups excluding carboxylic acids is 1. The molecule has 0 fully saturated rings. The van der Waals surface area contributed by atoms with E-state index in [2.05, 4.69) is 34.3 Å². The molecule has 0 radical (unpaired) electrons. The van der Waals surface area contributed by atoms with Crippen molar-refractivity contribution in [1.82, 2.24) is 15.2 Å². The topological polar surface area (TPSA) is 96.7 Å². The molecule has 0 aromatic carbocycles. The van der Waals surface area contributed by atoms with Crippen LogP contribution in [0.2, 0.25) is 0 Å². The lowest BCUT2D eigenvalue weighted by Gasteiger charge is -1.99. The molecule has 0 saturated heterocycles. The van der Waals surface area contributed by atoms with Gasteiger partial charge in [0.2, 0.25) is 0 Å². The van der Waals surface area contributed by atoms with Gasteiger partial charge in [-0.25, -0.2) is 4.98 Å². The number of aromatic nitrogens is 3. The minimum Gasteiger partial charge on any atom is -0.322 e. The molecule has 0 aliphatic heterocycles. The molecule has 0 aliphatic carbocycles. The average Bonchev–Trinajstić information content (AvgIpc) is 2.96. The predicted molar refractivity (Wildman–Crippen MR) is 75.3 cm³/mol. The summed E-state index contributed by atoms with van der Waals surface area (Å²) in [5.74, 6) is 0.566. The van der Waals surface area contributed by atoms with Gasteiger partial charge in [-0.2, -0.15) is 5.10 Å². The first-order valence-electron chi connectivity index (χ1n) is 6.05. The van der Waals surface area contributed by atoms with E-state index in [9.17, 15) is 4.79 Å². The number of carbonyl (C=O) groups is 1. The molecule has 2 rings (SSSR count). The Bertz CT molecular complexity index is 572. The number of rotatable bonds is 4. The number of hydrogen-bond donors (Lipinski definition) is 3. The van der Waals surface area contributed by atoms with E-state index in [1.807, 2.05) is 13.0 Å². The zero-order valence-electron chi connectivity index (χ0n) is 11.1. The van der Waals surface area contributed by atoms with Crippen LogP contribution in [0.5, 0.6) is 0 Å². The van der Waals surface area contributed by atoms with Gasteiger partial charge in [0.05, 0.1) is 6.04 Å². The van der Waals surface area contributed by atoms with Crippen LogP contribution in [0.1, 0.15) is 53.9 Å². The third-order valence-corrected chi connectivity index (χ3v) is 3.65. The van der Waals surface area contributed by atoms with Crippen LogP contribution in [0.25, 0.3) is 0 Å². The molecule has 1 atom stereocenters. The van der Waals surface area contributed by atoms with E-state index in [0.29, 0.717) is 17.4 Å². The van der Waals surface area contributed by atoms with Crippen molar-refractivity contribution in [3.63, 3.8) is 0 Å². The smallest absolute Gasteiger partial charge is 0.276 e. The number of H-pyrrole nitrogens is 1. The molecular weight excluding hydrogens is 262 g/mol. The summed E-state index contributed by atoms with van der Waals surface area (Å²) in [6, 6.07) is 1.66. The van der Waals surface area contributed by atoms with Crippen molar-refractivity contribution in [2.45, 2.75) is 32.7 Å². The van der Waals surface area contributed by atoms with Crippen LogP contribution in [0.4, 0.5) is 5.82 Å². The van der Waals surface area contributed by atoms with Crippen LogP contribution in [-0.2, 0) is 0 Å². The molecular formula is C12H17N5OS. The van der Waals surface area contributed by atoms with E-state index < -0.39 is 0 Å². The molecule has 2 aromatic rings. The largest absolute Gasteiger partial charge is 0.322 e. The quantitative estimate of drug-likeness (QED) is 0.799. The fraction of sp³-hybridized carbons (Fsp3) is 0.417. The van der Waals surface area contributed by atoms with Crippen LogP contribution in [0.15, 0.2) is 11.4 Å². The molecule has 4 N–H and O–H groups in total. The summed E-state index contributed by atoms with van der Waals surface area (Å²) in [4.78, 5) is 16.2. The van der Waals surface area contributed by atoms with Gasteiger partial charge in [0.25, 0.3) is 5.91 Å². The summed E-state index contributed by atoms with van der Waals surface area (Å²) in [7, 11) is 0. The molecule has 102 valence electrons. The summed E-state index contributed by atoms with van der Waals surface area (Å²) in [6.45, 7) is 5.94. The lowest BCUT2D eigenvalue weighted by Crippen LogP contribution is -2.13. The molecule has 7 heteroatoms. The van der Waals surface area contributed by atoms with Crippen molar-refractivity contribution in [3.8, 4) is 0 Å². The maximum Gasteiger partial charge on any atom is 0.276 e. The molecule has 0 aliphatic rings. The monoisotopic (exact) mass is 279 g/mol. The second-order valence-corrected chi connectivity index (χ2v) is 5.57. The second kappa shape index (κ2) is 5.50. The van der Waals surface area contributed by atoms with Crippen LogP contribution < -0.4 is 11.1 Å². The standard InChI is InChI=1S/C12H17N5OS/c1-6(2)8-4-10(17-16-8)15-11(18)9-5-19-12(14-9)7(3)13/h4-7H,13H2,1-3H3,(H2,15,16,17,18). The lowest BCUT2D eigenvalue weighted by atomic mass is 10.1. The lowest BCUT2D eigenvalue weighted by molar-refractivity contribution is 0.102. The highest BCUT2D eigenvalue weighted by Gasteiger charge is 2.14. The summed E-state index contributed by atoms with van der Waals surface area (Å²) in [6.07, 6.45) is 0. The van der Waals surface area contributed by atoms with Gasteiger partial charge in [-0.3, -0.25) is 9.89 Å². The number of anilines is 1. The van der Waals surface area contributed by atoms with Crippen LogP contribution >= 0.6 is 11.3 Å². The number of nitrogens with zero attached hydrogens (tertiary/aromatic N) is 2. The van der Waals surface area contributed by atoms with Crippen LogP contribution in [-0.4, -0.2) is 21.1 Å². The summed E-state index contributed by atoms with van der Waals surface area (Å²) in [5, 5.41) is 12.1. The predicted octanol–water partition coefficient (Wildman–Crippen LogP) is 2.26. The Hall–Kier alpha value is -1.73. The highest BCUT2D eigenvalue weighted by atomic mass is 32.1. The Kier molecular flexibility index (Phi) is 3.96. The zero-order valence-corrected chi connectivity index (χ0v) is 11.9. The summed E-state index contributed by atoms with van der Waals surface area (Å²) < 4.78 is 0. The van der Waals surface area contributed by atoms with Crippen molar-refractivity contribution in [2.24, 2.45) is 5.73 Å². The van der Waals surface area contributed by atoms with Gasteiger partial charge in [0.15, 0.2) is 5.82 Å². The number of nitrogens with one attached hydrogen (secondary N) is 2. The highest BCUT2D eigenvalue weighted by Crippen LogP contribution is 2.18. The Morgan fingerprint density at radius 3 is 2.74 bits per heavy atom. The summed E-state index contributed by atoms with van der Waals surface area (Å²) >= 11 is 1.38. The average molecular weight is 279 g/mol. The molecule has 0 spiro atoms. The van der Waals surface area contributed by atoms with Crippen molar-refractivity contribution < 1.29 is 4.79 Å². The van der Waals surface area contributed by atoms with Crippen LogP contribution in [0.3, 0.4) is 0 Å². The highest BCUT2D eigenvalue weighted by molar-refractivity contribution is 7.09. The first-order valence-corrected chi connectivity index (χ1v) is 6.93. The maximum absolute atomic E-state index is 12.0. The van der Waals surface area contributed by atoms with E-state index in [4.69, 9.17) is 5.73 Å². The number of amides is 1. The third-order valence-electron chi connectivity index (χ3n) is 2.61. The first-order chi connectivity index (χ1) is 8.97. The molecule has 2 heterocycles. The van der Waals surface area contributed by atoms with E-state index in [1.54, 1.807) is 5.38 Å². The van der Waals surface area contributed by atoms with Gasteiger partial charge in [-0.15, -0.1) is 11.3 Å². The first kappa shape index (κ1) is 13.7. The molecule has 1 amide bonds. The molecule has 1 unspecified atom stereocenters. The second-order valence-electron chi connectivity index (χ2n) is 4.68. The molecule has 6 nitrogen and oxygen atoms in total. The SMILES string of the molecule is CC(C)c1cc(NC(=O)c2csc(C(C)N)n2)n[nH]1. The molecule has 19 heavy (non-hydrogen) atoms. The van der Waals surface area contributed by atoms with Crippen LogP contribution in [0, 0.1) is 0 Å². The Balaban J connectivity index is 2.07. The third kappa shape index (κ3) is 3.18. The maximum atomic E-state index is 12.0. The van der Waals surface area contributed by atoms with E-state index in [0.717, 1.165) is 10.7 Å². The van der Waals surface area contributed by atoms with Crippen molar-refractivity contribution >= 4 is 23.1 Å². The Morgan fingerprint density at radius 2 is 2.21 bits per heavy atom. The van der Waals surface area contributed by atoms with Gasteiger partial charge in [-0.05, 0) is 12.8 Å². The molecule has 0 saturated carbocycles. The summed E-state index contributed by atoms with van der Waals surface area (Å²) in [5.41, 5.74) is 7.06. The van der Waals surface area contributed by atoms with Gasteiger partial charge >= 0.3 is 0 Å². The number of thiazole rings is 1. The zero-order chi connectivity index (χ0) is 14.0. The van der Waals surface area contributed by atoms with Crippen molar-refractivity contribution in [3.05, 3.63) is 27.8 Å². The van der Waals surface area contributed by atoms with E-state index >= 15 is 0 Å². The minimum absolute atomic E-state index is 0.163. The van der Waals surface area contributed by atoms with Crippen molar-refractivity contribution in [1.29, 1.82) is 0 Å². The van der Waals surface area contributed by atoms with Gasteiger partial charge < -0.3 is 11.1 Å². The number of nitrogens with two attached hydrogens (primary N) is 1. The normalized spacial score (nSPS) is 12.7. The number of hydrogen-bond acceptors (Lipinski definition) is 5.